The van der Waals surface area contributed by atoms with Gasteiger partial charge in [-0.3, -0.25) is 10.1 Å². The summed E-state index contributed by atoms with van der Waals surface area (Å²) in [5.74, 6) is -0.166. The molecule has 3 rings (SSSR count). The Balaban J connectivity index is 1.69. The highest BCUT2D eigenvalue weighted by atomic mass is 32.2. The first-order chi connectivity index (χ1) is 14.7. The van der Waals surface area contributed by atoms with Crippen LogP contribution in [0, 0.1) is 0 Å². The molecule has 0 aliphatic rings. The summed E-state index contributed by atoms with van der Waals surface area (Å²) in [6.07, 6.45) is 1.43. The van der Waals surface area contributed by atoms with Crippen molar-refractivity contribution in [3.63, 3.8) is 0 Å². The fourth-order valence-electron chi connectivity index (χ4n) is 2.78. The van der Waals surface area contributed by atoms with Gasteiger partial charge in [0.05, 0.1) is 4.88 Å². The molecule has 3 N–H and O–H groups in total. The minimum atomic E-state index is -0.567. The van der Waals surface area contributed by atoms with Crippen LogP contribution >= 0.6 is 23.3 Å². The monoisotopic (exact) mass is 455 g/mol. The van der Waals surface area contributed by atoms with Crippen LogP contribution in [0.1, 0.15) is 30.4 Å². The lowest BCUT2D eigenvalue weighted by Crippen LogP contribution is -2.27. The van der Waals surface area contributed by atoms with Crippen molar-refractivity contribution in [1.29, 1.82) is 0 Å². The molecule has 8 heteroatoms. The quantitative estimate of drug-likeness (QED) is 0.360. The molecule has 3 aromatic rings. The normalized spacial score (nSPS) is 11.0. The molecule has 0 radical (unpaired) electrons. The fourth-order valence-corrected chi connectivity index (χ4v) is 3.95. The van der Waals surface area contributed by atoms with E-state index in [1.165, 1.54) is 23.3 Å². The predicted molar refractivity (Wildman–Crippen MR) is 131 cm³/mol. The average molecular weight is 456 g/mol. The summed E-state index contributed by atoms with van der Waals surface area (Å²) in [5, 5.41) is 7.60. The van der Waals surface area contributed by atoms with Crippen molar-refractivity contribution in [3.8, 4) is 11.1 Å². The number of ether oxygens (including phenoxy) is 1. The van der Waals surface area contributed by atoms with Gasteiger partial charge in [-0.05, 0) is 73.7 Å². The summed E-state index contributed by atoms with van der Waals surface area (Å²) in [6.45, 7) is 5.45. The number of carbonyl (C=O) groups is 2. The van der Waals surface area contributed by atoms with E-state index in [4.69, 9.17) is 4.74 Å². The van der Waals surface area contributed by atoms with Crippen molar-refractivity contribution < 1.29 is 14.3 Å². The highest BCUT2D eigenvalue weighted by molar-refractivity contribution is 7.99. The van der Waals surface area contributed by atoms with Crippen molar-refractivity contribution in [3.05, 3.63) is 64.9 Å². The van der Waals surface area contributed by atoms with Gasteiger partial charge in [-0.15, -0.1) is 11.3 Å². The minimum Gasteiger partial charge on any atom is -0.444 e. The Morgan fingerprint density at radius 1 is 0.903 bits per heavy atom. The SMILES string of the molecule is CSNc1cccc(NC(=O)c2cc(-c3cccc(NC(=O)OC(C)(C)C)c3)cs2)c1. The summed E-state index contributed by atoms with van der Waals surface area (Å²) in [5.41, 5.74) is 3.51. The molecule has 31 heavy (non-hydrogen) atoms. The van der Waals surface area contributed by atoms with Gasteiger partial charge in [-0.2, -0.15) is 0 Å². The first-order valence-electron chi connectivity index (χ1n) is 9.63. The molecular weight excluding hydrogens is 430 g/mol. The molecule has 1 aromatic heterocycles. The molecule has 0 saturated heterocycles. The molecular formula is C23H25N3O3S2. The number of anilines is 3. The van der Waals surface area contributed by atoms with Gasteiger partial charge in [0.1, 0.15) is 5.60 Å². The van der Waals surface area contributed by atoms with Crippen LogP contribution in [0.5, 0.6) is 0 Å². The summed E-state index contributed by atoms with van der Waals surface area (Å²) >= 11 is 2.86. The van der Waals surface area contributed by atoms with Crippen molar-refractivity contribution in [2.24, 2.45) is 0 Å². The molecule has 0 aliphatic heterocycles. The number of carbonyl (C=O) groups excluding carboxylic acids is 2. The number of benzene rings is 2. The molecule has 2 aromatic carbocycles. The van der Waals surface area contributed by atoms with E-state index in [0.717, 1.165) is 22.5 Å². The third-order valence-corrected chi connectivity index (χ3v) is 5.37. The van der Waals surface area contributed by atoms with Crippen molar-refractivity contribution >= 4 is 52.3 Å². The smallest absolute Gasteiger partial charge is 0.412 e. The van der Waals surface area contributed by atoms with E-state index < -0.39 is 11.7 Å². The van der Waals surface area contributed by atoms with Gasteiger partial charge in [-0.1, -0.05) is 30.1 Å². The van der Waals surface area contributed by atoms with E-state index in [0.29, 0.717) is 10.6 Å². The molecule has 0 fully saturated rings. The Labute approximate surface area is 190 Å². The number of rotatable bonds is 6. The van der Waals surface area contributed by atoms with Gasteiger partial charge in [0.2, 0.25) is 0 Å². The summed E-state index contributed by atoms with van der Waals surface area (Å²) in [4.78, 5) is 25.3. The molecule has 6 nitrogen and oxygen atoms in total. The molecule has 0 spiro atoms. The highest BCUT2D eigenvalue weighted by Gasteiger charge is 2.16. The number of hydrogen-bond donors (Lipinski definition) is 3. The van der Waals surface area contributed by atoms with Crippen LogP contribution < -0.4 is 15.4 Å². The van der Waals surface area contributed by atoms with Crippen LogP contribution in [-0.2, 0) is 4.74 Å². The molecule has 1 heterocycles. The third kappa shape index (κ3) is 6.77. The molecule has 2 amide bonds. The molecule has 0 aliphatic carbocycles. The number of nitrogens with one attached hydrogen (secondary N) is 3. The maximum absolute atomic E-state index is 12.7. The van der Waals surface area contributed by atoms with Gasteiger partial charge < -0.3 is 14.8 Å². The number of amides is 2. The predicted octanol–water partition coefficient (Wildman–Crippen LogP) is 6.70. The van der Waals surface area contributed by atoms with E-state index in [9.17, 15) is 9.59 Å². The zero-order valence-corrected chi connectivity index (χ0v) is 19.4. The van der Waals surface area contributed by atoms with Crippen LogP contribution in [0.3, 0.4) is 0 Å². The molecule has 162 valence electrons. The molecule has 0 atom stereocenters. The lowest BCUT2D eigenvalue weighted by Gasteiger charge is -2.19. The zero-order chi connectivity index (χ0) is 22.4. The first kappa shape index (κ1) is 22.7. The van der Waals surface area contributed by atoms with Gasteiger partial charge in [0, 0.05) is 23.3 Å². The van der Waals surface area contributed by atoms with E-state index >= 15 is 0 Å². The molecule has 0 saturated carbocycles. The second-order valence-corrected chi connectivity index (χ2v) is 9.27. The second-order valence-electron chi connectivity index (χ2n) is 7.75. The topological polar surface area (TPSA) is 79.5 Å². The summed E-state index contributed by atoms with van der Waals surface area (Å²) in [7, 11) is 0. The van der Waals surface area contributed by atoms with Crippen molar-refractivity contribution in [1.82, 2.24) is 0 Å². The summed E-state index contributed by atoms with van der Waals surface area (Å²) in [6, 6.07) is 16.8. The standard InChI is InChI=1S/C23H25N3O3S2/c1-23(2,3)29-22(28)25-17-8-5-7-15(11-17)16-12-20(31-14-16)21(27)24-18-9-6-10-19(13-18)26-30-4/h5-14,26H,1-4H3,(H,24,27)(H,25,28). The lowest BCUT2D eigenvalue weighted by atomic mass is 10.1. The van der Waals surface area contributed by atoms with Crippen molar-refractivity contribution in [2.75, 3.05) is 21.6 Å². The molecule has 0 bridgehead atoms. The van der Waals surface area contributed by atoms with Crippen LogP contribution in [0.15, 0.2) is 60.0 Å². The first-order valence-corrected chi connectivity index (χ1v) is 11.7. The fraction of sp³-hybridized carbons (Fsp3) is 0.217. The Hall–Kier alpha value is -2.97. The average Bonchev–Trinajstić information content (AvgIpc) is 3.18. The minimum absolute atomic E-state index is 0.166. The highest BCUT2D eigenvalue weighted by Crippen LogP contribution is 2.28. The largest absolute Gasteiger partial charge is 0.444 e. The zero-order valence-electron chi connectivity index (χ0n) is 17.8. The maximum atomic E-state index is 12.7. The van der Waals surface area contributed by atoms with Gasteiger partial charge in [-0.25, -0.2) is 4.79 Å². The van der Waals surface area contributed by atoms with Gasteiger partial charge >= 0.3 is 6.09 Å². The Morgan fingerprint density at radius 3 is 2.29 bits per heavy atom. The summed E-state index contributed by atoms with van der Waals surface area (Å²) < 4.78 is 8.44. The Kier molecular flexibility index (Phi) is 7.25. The van der Waals surface area contributed by atoms with Gasteiger partial charge in [0.15, 0.2) is 0 Å². The van der Waals surface area contributed by atoms with Gasteiger partial charge in [0.25, 0.3) is 5.91 Å². The van der Waals surface area contributed by atoms with Crippen LogP contribution in [0.4, 0.5) is 21.9 Å². The van der Waals surface area contributed by atoms with E-state index in [2.05, 4.69) is 15.4 Å². The van der Waals surface area contributed by atoms with E-state index in [-0.39, 0.29) is 5.91 Å². The van der Waals surface area contributed by atoms with Crippen molar-refractivity contribution in [2.45, 2.75) is 26.4 Å². The Morgan fingerprint density at radius 2 is 1.58 bits per heavy atom. The second kappa shape index (κ2) is 9.89. The number of hydrogen-bond acceptors (Lipinski definition) is 6. The van der Waals surface area contributed by atoms with E-state index in [1.807, 2.05) is 80.9 Å². The Bertz CT molecular complexity index is 1070. The lowest BCUT2D eigenvalue weighted by molar-refractivity contribution is 0.0635. The molecule has 0 unspecified atom stereocenters. The maximum Gasteiger partial charge on any atom is 0.412 e. The van der Waals surface area contributed by atoms with Crippen LogP contribution in [0.25, 0.3) is 11.1 Å². The van der Waals surface area contributed by atoms with E-state index in [1.54, 1.807) is 6.07 Å². The number of thiophene rings is 1. The third-order valence-electron chi connectivity index (χ3n) is 4.00. The van der Waals surface area contributed by atoms with Crippen LogP contribution in [0.2, 0.25) is 0 Å². The van der Waals surface area contributed by atoms with Crippen LogP contribution in [-0.4, -0.2) is 23.9 Å².